The highest BCUT2D eigenvalue weighted by Crippen LogP contribution is 2.25. The average molecular weight is 357 g/mol. The first-order valence-corrected chi connectivity index (χ1v) is 8.16. The number of hydrogen-bond donors (Lipinski definition) is 0. The lowest BCUT2D eigenvalue weighted by atomic mass is 10.0. The van der Waals surface area contributed by atoms with Gasteiger partial charge in [-0.15, -0.1) is 0 Å². The molecule has 0 aliphatic heterocycles. The van der Waals surface area contributed by atoms with Crippen LogP contribution in [0.1, 0.15) is 15.9 Å². The van der Waals surface area contributed by atoms with Gasteiger partial charge >= 0.3 is 5.97 Å². The van der Waals surface area contributed by atoms with Crippen LogP contribution in [-0.4, -0.2) is 5.97 Å². The van der Waals surface area contributed by atoms with E-state index in [9.17, 15) is 4.79 Å². The van der Waals surface area contributed by atoms with Crippen molar-refractivity contribution in [3.8, 4) is 11.1 Å². The van der Waals surface area contributed by atoms with Crippen molar-refractivity contribution in [1.82, 2.24) is 0 Å². The third-order valence-corrected chi connectivity index (χ3v) is 4.23. The molecule has 3 rings (SSSR count). The maximum absolute atomic E-state index is 12.2. The SMILES string of the molecule is O=C(OCc1ccc(-c2ccccc2)cc1)c1c(Cl)cccc1Cl. The van der Waals surface area contributed by atoms with E-state index in [1.54, 1.807) is 18.2 Å². The minimum absolute atomic E-state index is 0.162. The molecule has 0 aliphatic rings. The van der Waals surface area contributed by atoms with E-state index in [-0.39, 0.29) is 22.2 Å². The molecule has 0 spiro atoms. The third kappa shape index (κ3) is 3.78. The van der Waals surface area contributed by atoms with Crippen molar-refractivity contribution in [2.45, 2.75) is 6.61 Å². The van der Waals surface area contributed by atoms with Crippen LogP contribution in [0, 0.1) is 0 Å². The molecule has 0 atom stereocenters. The van der Waals surface area contributed by atoms with Gasteiger partial charge in [-0.1, -0.05) is 83.9 Å². The number of carbonyl (C=O) groups is 1. The maximum Gasteiger partial charge on any atom is 0.341 e. The molecule has 0 aromatic heterocycles. The van der Waals surface area contributed by atoms with Crippen LogP contribution in [0.2, 0.25) is 10.0 Å². The zero-order valence-electron chi connectivity index (χ0n) is 12.7. The Bertz CT molecular complexity index is 823. The zero-order chi connectivity index (χ0) is 16.9. The molecule has 0 fully saturated rings. The highest BCUT2D eigenvalue weighted by Gasteiger charge is 2.15. The summed E-state index contributed by atoms with van der Waals surface area (Å²) in [5, 5.41) is 0.568. The number of carbonyl (C=O) groups excluding carboxylic acids is 1. The minimum atomic E-state index is -0.530. The number of esters is 1. The highest BCUT2D eigenvalue weighted by molar-refractivity contribution is 6.39. The molecule has 0 heterocycles. The first-order chi connectivity index (χ1) is 11.6. The standard InChI is InChI=1S/C20H14Cl2O2/c21-17-7-4-8-18(22)19(17)20(23)24-13-14-9-11-16(12-10-14)15-5-2-1-3-6-15/h1-12H,13H2. The summed E-state index contributed by atoms with van der Waals surface area (Å²) in [7, 11) is 0. The molecule has 0 N–H and O–H groups in total. The van der Waals surface area contributed by atoms with Gasteiger partial charge in [0, 0.05) is 0 Å². The van der Waals surface area contributed by atoms with Crippen LogP contribution >= 0.6 is 23.2 Å². The van der Waals surface area contributed by atoms with Crippen LogP contribution in [0.25, 0.3) is 11.1 Å². The Morgan fingerprint density at radius 1 is 0.750 bits per heavy atom. The molecule has 4 heteroatoms. The summed E-state index contributed by atoms with van der Waals surface area (Å²) in [5.74, 6) is -0.530. The second-order valence-corrected chi connectivity index (χ2v) is 6.05. The Kier molecular flexibility index (Phi) is 5.19. The van der Waals surface area contributed by atoms with Crippen LogP contribution < -0.4 is 0 Å². The summed E-state index contributed by atoms with van der Waals surface area (Å²) < 4.78 is 5.31. The van der Waals surface area contributed by atoms with E-state index in [4.69, 9.17) is 27.9 Å². The van der Waals surface area contributed by atoms with Gasteiger partial charge in [-0.05, 0) is 28.8 Å². The minimum Gasteiger partial charge on any atom is -0.457 e. The smallest absolute Gasteiger partial charge is 0.341 e. The lowest BCUT2D eigenvalue weighted by molar-refractivity contribution is 0.0473. The maximum atomic E-state index is 12.2. The summed E-state index contributed by atoms with van der Waals surface area (Å²) in [6.45, 7) is 0.162. The van der Waals surface area contributed by atoms with Gasteiger partial charge in [-0.2, -0.15) is 0 Å². The predicted octanol–water partition coefficient (Wildman–Crippen LogP) is 6.02. The molecule has 24 heavy (non-hydrogen) atoms. The molecule has 3 aromatic rings. The molecule has 3 aromatic carbocycles. The summed E-state index contributed by atoms with van der Waals surface area (Å²) >= 11 is 12.0. The Labute approximate surface area is 150 Å². The van der Waals surface area contributed by atoms with Gasteiger partial charge < -0.3 is 4.74 Å². The molecule has 0 saturated heterocycles. The van der Waals surface area contributed by atoms with Crippen LogP contribution in [0.5, 0.6) is 0 Å². The van der Waals surface area contributed by atoms with Crippen molar-refractivity contribution >= 4 is 29.2 Å². The monoisotopic (exact) mass is 356 g/mol. The molecule has 120 valence electrons. The van der Waals surface area contributed by atoms with E-state index in [1.807, 2.05) is 42.5 Å². The van der Waals surface area contributed by atoms with Crippen molar-refractivity contribution < 1.29 is 9.53 Å². The summed E-state index contributed by atoms with van der Waals surface area (Å²) in [5.41, 5.74) is 3.34. The number of halogens is 2. The lowest BCUT2D eigenvalue weighted by Gasteiger charge is -2.08. The van der Waals surface area contributed by atoms with Crippen LogP contribution in [0.3, 0.4) is 0 Å². The fourth-order valence-corrected chi connectivity index (χ4v) is 2.89. The van der Waals surface area contributed by atoms with Gasteiger partial charge in [-0.3, -0.25) is 0 Å². The van der Waals surface area contributed by atoms with E-state index in [0.29, 0.717) is 0 Å². The van der Waals surface area contributed by atoms with Crippen molar-refractivity contribution in [3.63, 3.8) is 0 Å². The van der Waals surface area contributed by atoms with E-state index in [2.05, 4.69) is 12.1 Å². The Morgan fingerprint density at radius 2 is 1.33 bits per heavy atom. The molecular formula is C20H14Cl2O2. The van der Waals surface area contributed by atoms with Crippen LogP contribution in [0.15, 0.2) is 72.8 Å². The Balaban J connectivity index is 1.68. The van der Waals surface area contributed by atoms with Gasteiger partial charge in [0.1, 0.15) is 6.61 Å². The summed E-state index contributed by atoms with van der Waals surface area (Å²) in [6.07, 6.45) is 0. The van der Waals surface area contributed by atoms with Gasteiger partial charge in [-0.25, -0.2) is 4.79 Å². The first kappa shape index (κ1) is 16.6. The Morgan fingerprint density at radius 3 is 1.96 bits per heavy atom. The predicted molar refractivity (Wildman–Crippen MR) is 97.5 cm³/mol. The molecular weight excluding hydrogens is 343 g/mol. The molecule has 0 radical (unpaired) electrons. The van der Waals surface area contributed by atoms with Gasteiger partial charge in [0.15, 0.2) is 0 Å². The van der Waals surface area contributed by atoms with Crippen molar-refractivity contribution in [2.24, 2.45) is 0 Å². The highest BCUT2D eigenvalue weighted by atomic mass is 35.5. The number of hydrogen-bond acceptors (Lipinski definition) is 2. The molecule has 0 unspecified atom stereocenters. The van der Waals surface area contributed by atoms with Crippen LogP contribution in [-0.2, 0) is 11.3 Å². The summed E-state index contributed by atoms with van der Waals surface area (Å²) in [6, 6.07) is 22.9. The zero-order valence-corrected chi connectivity index (χ0v) is 14.2. The molecule has 0 amide bonds. The molecule has 0 aliphatic carbocycles. The summed E-state index contributed by atoms with van der Waals surface area (Å²) in [4.78, 5) is 12.2. The number of ether oxygens (including phenoxy) is 1. The van der Waals surface area contributed by atoms with Crippen LogP contribution in [0.4, 0.5) is 0 Å². The van der Waals surface area contributed by atoms with Gasteiger partial charge in [0.05, 0.1) is 15.6 Å². The molecule has 2 nitrogen and oxygen atoms in total. The second kappa shape index (κ2) is 7.52. The first-order valence-electron chi connectivity index (χ1n) is 7.40. The Hall–Kier alpha value is -2.29. The second-order valence-electron chi connectivity index (χ2n) is 5.24. The van der Waals surface area contributed by atoms with E-state index >= 15 is 0 Å². The third-order valence-electron chi connectivity index (χ3n) is 3.60. The van der Waals surface area contributed by atoms with E-state index < -0.39 is 5.97 Å². The van der Waals surface area contributed by atoms with Crippen molar-refractivity contribution in [1.29, 1.82) is 0 Å². The van der Waals surface area contributed by atoms with Crippen molar-refractivity contribution in [3.05, 3.63) is 94.0 Å². The largest absolute Gasteiger partial charge is 0.457 e. The van der Waals surface area contributed by atoms with Gasteiger partial charge in [0.25, 0.3) is 0 Å². The van der Waals surface area contributed by atoms with E-state index in [0.717, 1.165) is 16.7 Å². The quantitative estimate of drug-likeness (QED) is 0.534. The lowest BCUT2D eigenvalue weighted by Crippen LogP contribution is -2.06. The number of benzene rings is 3. The normalized spacial score (nSPS) is 10.4. The number of rotatable bonds is 4. The topological polar surface area (TPSA) is 26.3 Å². The fourth-order valence-electron chi connectivity index (χ4n) is 2.34. The fraction of sp³-hybridized carbons (Fsp3) is 0.0500. The molecule has 0 bridgehead atoms. The molecule has 0 saturated carbocycles. The van der Waals surface area contributed by atoms with E-state index in [1.165, 1.54) is 0 Å². The van der Waals surface area contributed by atoms with Gasteiger partial charge in [0.2, 0.25) is 0 Å². The average Bonchev–Trinajstić information content (AvgIpc) is 2.61. The van der Waals surface area contributed by atoms with Crippen molar-refractivity contribution in [2.75, 3.05) is 0 Å².